The lowest BCUT2D eigenvalue weighted by Gasteiger charge is -2.27. The van der Waals surface area contributed by atoms with Gasteiger partial charge in [0.15, 0.2) is 0 Å². The number of halogens is 2. The summed E-state index contributed by atoms with van der Waals surface area (Å²) in [6, 6.07) is 4.32. The molecule has 1 N–H and O–H groups in total. The third-order valence-electron chi connectivity index (χ3n) is 3.29. The predicted octanol–water partition coefficient (Wildman–Crippen LogP) is 3.09. The number of nitrogens with zero attached hydrogens (tertiary/aromatic N) is 1. The van der Waals surface area contributed by atoms with Gasteiger partial charge in [-0.2, -0.15) is 0 Å². The number of carboxylic acid groups (broad SMARTS) is 1. The van der Waals surface area contributed by atoms with E-state index in [0.717, 1.165) is 25.9 Å². The van der Waals surface area contributed by atoms with Crippen LogP contribution in [-0.2, 0) is 4.79 Å². The third-order valence-corrected chi connectivity index (χ3v) is 3.58. The molecule has 1 heterocycles. The minimum atomic E-state index is -0.925. The van der Waals surface area contributed by atoms with Crippen molar-refractivity contribution in [2.24, 2.45) is 0 Å². The summed E-state index contributed by atoms with van der Waals surface area (Å²) < 4.78 is 14.0. The minimum absolute atomic E-state index is 0.0436. The summed E-state index contributed by atoms with van der Waals surface area (Å²) in [5.41, 5.74) is 0.381. The van der Waals surface area contributed by atoms with Crippen LogP contribution in [0.3, 0.4) is 0 Å². The maximum atomic E-state index is 14.0. The van der Waals surface area contributed by atoms with E-state index in [2.05, 4.69) is 0 Å². The van der Waals surface area contributed by atoms with Crippen LogP contribution < -0.4 is 0 Å². The van der Waals surface area contributed by atoms with Gasteiger partial charge in [0.2, 0.25) is 0 Å². The Morgan fingerprint density at radius 3 is 2.72 bits per heavy atom. The van der Waals surface area contributed by atoms with Crippen LogP contribution in [-0.4, -0.2) is 29.1 Å². The first-order chi connectivity index (χ1) is 8.59. The van der Waals surface area contributed by atoms with Gasteiger partial charge in [-0.1, -0.05) is 23.7 Å². The fourth-order valence-corrected chi connectivity index (χ4v) is 2.61. The van der Waals surface area contributed by atoms with Crippen LogP contribution in [0, 0.1) is 5.82 Å². The number of hydrogen-bond acceptors (Lipinski definition) is 2. The summed E-state index contributed by atoms with van der Waals surface area (Å²) in [5, 5.41) is 9.03. The van der Waals surface area contributed by atoms with E-state index in [9.17, 15) is 9.18 Å². The Balaban J connectivity index is 2.32. The Labute approximate surface area is 110 Å². The molecule has 18 heavy (non-hydrogen) atoms. The standard InChI is InChI=1S/C13H15ClFNO2/c14-10-5-3-4-9(13(10)15)11(8-12(17)18)16-6-1-2-7-16/h3-5,11H,1-2,6-8H2,(H,17,18). The quantitative estimate of drug-likeness (QED) is 0.915. The molecule has 1 atom stereocenters. The zero-order chi connectivity index (χ0) is 13.1. The van der Waals surface area contributed by atoms with Gasteiger partial charge in [0.25, 0.3) is 0 Å². The average molecular weight is 272 g/mol. The highest BCUT2D eigenvalue weighted by atomic mass is 35.5. The van der Waals surface area contributed by atoms with Gasteiger partial charge in [0.05, 0.1) is 11.4 Å². The number of carbonyl (C=O) groups is 1. The molecule has 0 saturated carbocycles. The van der Waals surface area contributed by atoms with Crippen molar-refractivity contribution in [2.75, 3.05) is 13.1 Å². The van der Waals surface area contributed by atoms with Gasteiger partial charge >= 0.3 is 5.97 Å². The molecule has 1 aliphatic heterocycles. The number of likely N-dealkylation sites (tertiary alicyclic amines) is 1. The van der Waals surface area contributed by atoms with Gasteiger partial charge in [-0.25, -0.2) is 4.39 Å². The third kappa shape index (κ3) is 2.82. The van der Waals surface area contributed by atoms with Crippen molar-refractivity contribution in [3.8, 4) is 0 Å². The van der Waals surface area contributed by atoms with Gasteiger partial charge in [0.1, 0.15) is 5.82 Å². The van der Waals surface area contributed by atoms with Gasteiger partial charge in [-0.3, -0.25) is 9.69 Å². The van der Waals surface area contributed by atoms with E-state index in [-0.39, 0.29) is 11.4 Å². The molecule has 0 radical (unpaired) electrons. The van der Waals surface area contributed by atoms with Gasteiger partial charge in [-0.05, 0) is 32.0 Å². The second kappa shape index (κ2) is 5.67. The van der Waals surface area contributed by atoms with E-state index in [1.54, 1.807) is 12.1 Å². The highest BCUT2D eigenvalue weighted by molar-refractivity contribution is 6.30. The van der Waals surface area contributed by atoms with Crippen LogP contribution >= 0.6 is 11.6 Å². The Bertz CT molecular complexity index is 447. The van der Waals surface area contributed by atoms with E-state index in [1.807, 2.05) is 4.90 Å². The summed E-state index contributed by atoms with van der Waals surface area (Å²) in [7, 11) is 0. The van der Waals surface area contributed by atoms with Crippen molar-refractivity contribution in [1.29, 1.82) is 0 Å². The van der Waals surface area contributed by atoms with E-state index in [1.165, 1.54) is 6.07 Å². The zero-order valence-corrected chi connectivity index (χ0v) is 10.7. The Morgan fingerprint density at radius 1 is 1.44 bits per heavy atom. The number of hydrogen-bond donors (Lipinski definition) is 1. The Morgan fingerprint density at radius 2 is 2.11 bits per heavy atom. The lowest BCUT2D eigenvalue weighted by molar-refractivity contribution is -0.138. The van der Waals surface area contributed by atoms with E-state index >= 15 is 0 Å². The number of aliphatic carboxylic acids is 1. The maximum absolute atomic E-state index is 14.0. The molecule has 0 aromatic heterocycles. The van der Waals surface area contributed by atoms with Crippen LogP contribution in [0.4, 0.5) is 4.39 Å². The normalized spacial score (nSPS) is 17.9. The molecule has 0 spiro atoms. The van der Waals surface area contributed by atoms with Crippen molar-refractivity contribution in [2.45, 2.75) is 25.3 Å². The highest BCUT2D eigenvalue weighted by Crippen LogP contribution is 2.32. The molecule has 3 nitrogen and oxygen atoms in total. The minimum Gasteiger partial charge on any atom is -0.481 e. The van der Waals surface area contributed by atoms with Crippen molar-refractivity contribution in [3.05, 3.63) is 34.6 Å². The van der Waals surface area contributed by atoms with E-state index in [4.69, 9.17) is 16.7 Å². The van der Waals surface area contributed by atoms with Crippen LogP contribution in [0.15, 0.2) is 18.2 Å². The zero-order valence-electron chi connectivity index (χ0n) is 9.90. The maximum Gasteiger partial charge on any atom is 0.305 e. The van der Waals surface area contributed by atoms with Crippen LogP contribution in [0.25, 0.3) is 0 Å². The van der Waals surface area contributed by atoms with Crippen molar-refractivity contribution >= 4 is 17.6 Å². The number of benzene rings is 1. The molecule has 0 amide bonds. The molecule has 1 aromatic carbocycles. The lowest BCUT2D eigenvalue weighted by Crippen LogP contribution is -2.28. The molecule has 1 saturated heterocycles. The highest BCUT2D eigenvalue weighted by Gasteiger charge is 2.28. The first-order valence-corrected chi connectivity index (χ1v) is 6.37. The van der Waals surface area contributed by atoms with Crippen LogP contribution in [0.2, 0.25) is 5.02 Å². The second-order valence-electron chi connectivity index (χ2n) is 4.50. The summed E-state index contributed by atoms with van der Waals surface area (Å²) in [5.74, 6) is -1.43. The largest absolute Gasteiger partial charge is 0.481 e. The molecule has 0 aliphatic carbocycles. The Kier molecular flexibility index (Phi) is 4.19. The molecular formula is C13H15ClFNO2. The molecule has 0 bridgehead atoms. The number of rotatable bonds is 4. The van der Waals surface area contributed by atoms with Crippen molar-refractivity contribution in [1.82, 2.24) is 4.90 Å². The number of carboxylic acids is 1. The van der Waals surface area contributed by atoms with Gasteiger partial charge < -0.3 is 5.11 Å². The Hall–Kier alpha value is -1.13. The first-order valence-electron chi connectivity index (χ1n) is 5.99. The first kappa shape index (κ1) is 13.3. The van der Waals surface area contributed by atoms with Crippen LogP contribution in [0.1, 0.15) is 30.9 Å². The second-order valence-corrected chi connectivity index (χ2v) is 4.91. The van der Waals surface area contributed by atoms with Gasteiger partial charge in [-0.15, -0.1) is 0 Å². The molecular weight excluding hydrogens is 257 g/mol. The fraction of sp³-hybridized carbons (Fsp3) is 0.462. The molecule has 5 heteroatoms. The van der Waals surface area contributed by atoms with Crippen molar-refractivity contribution < 1.29 is 14.3 Å². The smallest absolute Gasteiger partial charge is 0.305 e. The lowest BCUT2D eigenvalue weighted by atomic mass is 10.0. The van der Waals surface area contributed by atoms with E-state index in [0.29, 0.717) is 5.56 Å². The van der Waals surface area contributed by atoms with Gasteiger partial charge in [0, 0.05) is 11.6 Å². The summed E-state index contributed by atoms with van der Waals surface area (Å²) in [6.45, 7) is 1.62. The molecule has 1 unspecified atom stereocenters. The molecule has 98 valence electrons. The topological polar surface area (TPSA) is 40.5 Å². The SMILES string of the molecule is O=C(O)CC(c1cccc(Cl)c1F)N1CCCC1. The average Bonchev–Trinajstić information content (AvgIpc) is 2.83. The molecule has 1 aliphatic rings. The molecule has 1 aromatic rings. The van der Waals surface area contributed by atoms with Crippen LogP contribution in [0.5, 0.6) is 0 Å². The van der Waals surface area contributed by atoms with Crippen molar-refractivity contribution in [3.63, 3.8) is 0 Å². The molecule has 2 rings (SSSR count). The summed E-state index contributed by atoms with van der Waals surface area (Å²) in [4.78, 5) is 13.0. The van der Waals surface area contributed by atoms with E-state index < -0.39 is 17.8 Å². The fourth-order valence-electron chi connectivity index (χ4n) is 2.43. The monoisotopic (exact) mass is 271 g/mol. The molecule has 1 fully saturated rings. The summed E-state index contributed by atoms with van der Waals surface area (Å²) >= 11 is 5.76. The predicted molar refractivity (Wildman–Crippen MR) is 67.2 cm³/mol. The summed E-state index contributed by atoms with van der Waals surface area (Å²) in [6.07, 6.45) is 1.95.